The largest absolute Gasteiger partial charge is 0.488 e. The summed E-state index contributed by atoms with van der Waals surface area (Å²) in [5, 5.41) is 18.5. The highest BCUT2D eigenvalue weighted by molar-refractivity contribution is 6.58. The van der Waals surface area contributed by atoms with E-state index in [2.05, 4.69) is 0 Å². The zero-order valence-corrected chi connectivity index (χ0v) is 25.5. The molecule has 1 rings (SSSR count). The zero-order chi connectivity index (χ0) is 30.1. The Hall–Kier alpha value is -1.98. The van der Waals surface area contributed by atoms with Crippen LogP contribution in [-0.4, -0.2) is 71.8 Å². The second kappa shape index (κ2) is 14.6. The van der Waals surface area contributed by atoms with Gasteiger partial charge in [0, 0.05) is 0 Å². The van der Waals surface area contributed by atoms with Gasteiger partial charge in [0.05, 0.1) is 30.5 Å². The van der Waals surface area contributed by atoms with Crippen LogP contribution in [0.1, 0.15) is 87.6 Å². The molecule has 1 aromatic carbocycles. The number of carbonyl (C=O) groups is 2. The fraction of sp³-hybridized carbons (Fsp3) is 0.724. The molecule has 0 aromatic heterocycles. The summed E-state index contributed by atoms with van der Waals surface area (Å²) in [5.74, 6) is -1.17. The number of esters is 2. The maximum atomic E-state index is 13.3. The fourth-order valence-electron chi connectivity index (χ4n) is 3.38. The summed E-state index contributed by atoms with van der Waals surface area (Å²) in [7, 11) is -1.58. The molecular weight excluding hydrogens is 503 g/mol. The number of hydrogen-bond acceptors (Lipinski definition) is 9. The van der Waals surface area contributed by atoms with Crippen molar-refractivity contribution in [3.63, 3.8) is 0 Å². The summed E-state index contributed by atoms with van der Waals surface area (Å²) in [4.78, 5) is 26.5. The second-order valence-corrected chi connectivity index (χ2v) is 12.2. The molecule has 0 saturated carbocycles. The number of hydrogen-bond donors (Lipinski definition) is 2. The average Bonchev–Trinajstić information content (AvgIpc) is 2.87. The molecule has 3 unspecified atom stereocenters. The number of benzene rings is 1. The van der Waals surface area contributed by atoms with Gasteiger partial charge in [0.2, 0.25) is 0 Å². The number of ether oxygens (including phenoxy) is 5. The van der Waals surface area contributed by atoms with Crippen molar-refractivity contribution in [1.29, 1.82) is 0 Å². The molecule has 0 aliphatic carbocycles. The first-order valence-corrected chi connectivity index (χ1v) is 13.6. The summed E-state index contributed by atoms with van der Waals surface area (Å²) in [6.07, 6.45) is 1.01. The molecule has 0 aliphatic rings. The van der Waals surface area contributed by atoms with Gasteiger partial charge in [-0.25, -0.2) is 4.79 Å². The molecule has 0 fully saturated rings. The summed E-state index contributed by atoms with van der Waals surface area (Å²) >= 11 is 0. The summed E-state index contributed by atoms with van der Waals surface area (Å²) in [6, 6.07) is 6.37. The summed E-state index contributed by atoms with van der Waals surface area (Å²) in [5.41, 5.74) is -2.64. The van der Waals surface area contributed by atoms with Gasteiger partial charge < -0.3 is 33.7 Å². The van der Waals surface area contributed by atoms with Crippen LogP contribution in [0.25, 0.3) is 0 Å². The lowest BCUT2D eigenvalue weighted by atomic mass is 9.80. The van der Waals surface area contributed by atoms with Crippen LogP contribution in [0.3, 0.4) is 0 Å². The maximum Gasteiger partial charge on any atom is 0.488 e. The predicted molar refractivity (Wildman–Crippen MR) is 150 cm³/mol. The van der Waals surface area contributed by atoms with Crippen molar-refractivity contribution in [2.45, 2.75) is 112 Å². The van der Waals surface area contributed by atoms with E-state index in [0.717, 1.165) is 6.42 Å². The van der Waals surface area contributed by atoms with Gasteiger partial charge in [0.25, 0.3) is 0 Å². The molecule has 0 heterocycles. The van der Waals surface area contributed by atoms with Gasteiger partial charge in [-0.3, -0.25) is 4.79 Å². The Balaban J connectivity index is 2.96. The number of rotatable bonds is 16. The molecule has 2 N–H and O–H groups in total. The van der Waals surface area contributed by atoms with E-state index in [1.165, 1.54) is 0 Å². The molecule has 10 heteroatoms. The molecule has 39 heavy (non-hydrogen) atoms. The molecular formula is C29H49BO9. The van der Waals surface area contributed by atoms with Crippen molar-refractivity contribution in [2.75, 3.05) is 19.8 Å². The average molecular weight is 553 g/mol. The Morgan fingerprint density at radius 1 is 0.872 bits per heavy atom. The summed E-state index contributed by atoms with van der Waals surface area (Å²) < 4.78 is 29.2. The normalized spacial score (nSPS) is 16.1. The molecule has 0 spiro atoms. The Morgan fingerprint density at radius 3 is 1.95 bits per heavy atom. The van der Waals surface area contributed by atoms with E-state index in [-0.39, 0.29) is 38.1 Å². The maximum absolute atomic E-state index is 13.3. The Kier molecular flexibility index (Phi) is 13.1. The third kappa shape index (κ3) is 12.0. The predicted octanol–water partition coefficient (Wildman–Crippen LogP) is 3.55. The zero-order valence-electron chi connectivity index (χ0n) is 25.5. The van der Waals surface area contributed by atoms with Crippen LogP contribution in [-0.2, 0) is 39.9 Å². The van der Waals surface area contributed by atoms with E-state index >= 15 is 0 Å². The van der Waals surface area contributed by atoms with E-state index in [9.17, 15) is 19.6 Å². The van der Waals surface area contributed by atoms with Crippen LogP contribution >= 0.6 is 0 Å². The highest BCUT2D eigenvalue weighted by Crippen LogP contribution is 2.29. The van der Waals surface area contributed by atoms with Crippen molar-refractivity contribution in [3.05, 3.63) is 29.8 Å². The van der Waals surface area contributed by atoms with Gasteiger partial charge in [-0.05, 0) is 79.3 Å². The van der Waals surface area contributed by atoms with Crippen LogP contribution in [0.15, 0.2) is 24.3 Å². The van der Waals surface area contributed by atoms with E-state index in [1.807, 2.05) is 55.4 Å². The minimum atomic E-state index is -1.58. The van der Waals surface area contributed by atoms with E-state index in [1.54, 1.807) is 38.1 Å². The lowest BCUT2D eigenvalue weighted by Gasteiger charge is -2.38. The van der Waals surface area contributed by atoms with Crippen LogP contribution in [0.4, 0.5) is 0 Å². The standard InChI is InChI=1S/C29H49BO9/c1-11-21(3)36-19-28(9,24(31)35-17-22-13-15-23(16-14-22)30(33)34)20-37-25(32)29(10,12-2)39-27(7,8)18-38-26(4,5)6/h13-16,21,33-34H,11-12,17-20H2,1-10H3. The topological polar surface area (TPSA) is 121 Å². The highest BCUT2D eigenvalue weighted by Gasteiger charge is 2.43. The minimum Gasteiger partial charge on any atom is -0.462 e. The van der Waals surface area contributed by atoms with E-state index < -0.39 is 35.7 Å². The fourth-order valence-corrected chi connectivity index (χ4v) is 3.38. The Bertz CT molecular complexity index is 910. The first-order valence-electron chi connectivity index (χ1n) is 13.6. The van der Waals surface area contributed by atoms with Crippen molar-refractivity contribution >= 4 is 24.5 Å². The van der Waals surface area contributed by atoms with Crippen molar-refractivity contribution < 1.29 is 43.3 Å². The molecule has 3 atom stereocenters. The van der Waals surface area contributed by atoms with Gasteiger partial charge in [-0.1, -0.05) is 38.1 Å². The van der Waals surface area contributed by atoms with Gasteiger partial charge in [-0.15, -0.1) is 0 Å². The highest BCUT2D eigenvalue weighted by atomic mass is 16.6. The monoisotopic (exact) mass is 552 g/mol. The first-order chi connectivity index (χ1) is 17.9. The van der Waals surface area contributed by atoms with Gasteiger partial charge >= 0.3 is 19.1 Å². The third-order valence-corrected chi connectivity index (χ3v) is 6.38. The smallest absolute Gasteiger partial charge is 0.462 e. The minimum absolute atomic E-state index is 0.00161. The Morgan fingerprint density at radius 2 is 1.46 bits per heavy atom. The SMILES string of the molecule is CCC(C)OCC(C)(COC(=O)C(C)(CC)OC(C)(C)COC(C)(C)C)C(=O)OCc1ccc(B(O)O)cc1. The lowest BCUT2D eigenvalue weighted by Crippen LogP contribution is -2.50. The molecule has 0 bridgehead atoms. The van der Waals surface area contributed by atoms with Crippen LogP contribution in [0.5, 0.6) is 0 Å². The molecule has 0 radical (unpaired) electrons. The van der Waals surface area contributed by atoms with Crippen molar-refractivity contribution in [3.8, 4) is 0 Å². The molecule has 222 valence electrons. The quantitative estimate of drug-likeness (QED) is 0.234. The molecule has 0 aliphatic heterocycles. The van der Waals surface area contributed by atoms with Gasteiger partial charge in [-0.2, -0.15) is 0 Å². The van der Waals surface area contributed by atoms with Crippen LogP contribution in [0.2, 0.25) is 0 Å². The van der Waals surface area contributed by atoms with Gasteiger partial charge in [0.15, 0.2) is 5.60 Å². The van der Waals surface area contributed by atoms with Crippen molar-refractivity contribution in [2.24, 2.45) is 5.41 Å². The van der Waals surface area contributed by atoms with E-state index in [4.69, 9.17) is 23.7 Å². The van der Waals surface area contributed by atoms with Crippen LogP contribution < -0.4 is 5.46 Å². The van der Waals surface area contributed by atoms with Gasteiger partial charge in [0.1, 0.15) is 18.6 Å². The van der Waals surface area contributed by atoms with E-state index in [0.29, 0.717) is 17.4 Å². The second-order valence-electron chi connectivity index (χ2n) is 12.2. The third-order valence-electron chi connectivity index (χ3n) is 6.38. The lowest BCUT2D eigenvalue weighted by molar-refractivity contribution is -0.207. The molecule has 9 nitrogen and oxygen atoms in total. The first kappa shape index (κ1) is 35.1. The summed E-state index contributed by atoms with van der Waals surface area (Å²) in [6.45, 7) is 18.6. The molecule has 0 saturated heterocycles. The van der Waals surface area contributed by atoms with Crippen LogP contribution in [0, 0.1) is 5.41 Å². The Labute approximate surface area is 234 Å². The molecule has 0 amide bonds. The molecule has 1 aromatic rings. The number of carbonyl (C=O) groups excluding carboxylic acids is 2. The van der Waals surface area contributed by atoms with Crippen molar-refractivity contribution in [1.82, 2.24) is 0 Å².